The third kappa shape index (κ3) is 3.14. The highest BCUT2D eigenvalue weighted by molar-refractivity contribution is 7.97. The van der Waals surface area contributed by atoms with Gasteiger partial charge in [0.15, 0.2) is 0 Å². The van der Waals surface area contributed by atoms with Crippen LogP contribution in [-0.4, -0.2) is 51.0 Å². The molecule has 0 spiro atoms. The molecular weight excluding hydrogens is 286 g/mol. The Morgan fingerprint density at radius 3 is 3.10 bits per heavy atom. The van der Waals surface area contributed by atoms with Gasteiger partial charge in [-0.05, 0) is 25.8 Å². The summed E-state index contributed by atoms with van der Waals surface area (Å²) in [5.41, 5.74) is 0.883. The molecule has 0 aromatic carbocycles. The van der Waals surface area contributed by atoms with E-state index in [1.165, 1.54) is 0 Å². The molecule has 3 N–H and O–H groups in total. The highest BCUT2D eigenvalue weighted by atomic mass is 32.2. The van der Waals surface area contributed by atoms with Crippen molar-refractivity contribution in [3.8, 4) is 0 Å². The van der Waals surface area contributed by atoms with E-state index < -0.39 is 0 Å². The summed E-state index contributed by atoms with van der Waals surface area (Å²) >= 11 is 1.61. The quantitative estimate of drug-likeness (QED) is 0.703. The summed E-state index contributed by atoms with van der Waals surface area (Å²) in [6.45, 7) is 1.81. The van der Waals surface area contributed by atoms with Gasteiger partial charge >= 0.3 is 0 Å². The number of aliphatic hydroxyl groups excluding tert-OH is 1. The molecule has 2 aromatic heterocycles. The molecule has 0 saturated heterocycles. The van der Waals surface area contributed by atoms with Gasteiger partial charge in [0.2, 0.25) is 0 Å². The number of rotatable bonds is 6. The van der Waals surface area contributed by atoms with Gasteiger partial charge < -0.3 is 15.0 Å². The van der Waals surface area contributed by atoms with Crippen LogP contribution in [0.5, 0.6) is 0 Å². The third-order valence-corrected chi connectivity index (χ3v) is 5.05. The third-order valence-electron chi connectivity index (χ3n) is 3.90. The van der Waals surface area contributed by atoms with Crippen LogP contribution >= 0.6 is 11.9 Å². The fraction of sp³-hybridized carbons (Fsp3) is 0.571. The fourth-order valence-electron chi connectivity index (χ4n) is 2.60. The van der Waals surface area contributed by atoms with Crippen LogP contribution in [0.25, 0.3) is 11.0 Å². The standard InChI is InChI=1S/C14H21N5OS/c1-9(20)7-21-18-10-5-11(6-10)19(2)14-12-3-4-15-13(12)16-8-17-14/h3-4,8-11,18,20H,5-7H2,1-2H3,(H,15,16,17)/t9?,10-,11+. The number of hydrogen-bond donors (Lipinski definition) is 3. The highest BCUT2D eigenvalue weighted by Crippen LogP contribution is 2.31. The van der Waals surface area contributed by atoms with Crippen LogP contribution in [0.1, 0.15) is 19.8 Å². The van der Waals surface area contributed by atoms with Crippen molar-refractivity contribution in [1.82, 2.24) is 19.7 Å². The van der Waals surface area contributed by atoms with Crippen LogP contribution < -0.4 is 9.62 Å². The van der Waals surface area contributed by atoms with Crippen molar-refractivity contribution in [2.24, 2.45) is 0 Å². The lowest BCUT2D eigenvalue weighted by Gasteiger charge is -2.42. The smallest absolute Gasteiger partial charge is 0.142 e. The zero-order valence-corrected chi connectivity index (χ0v) is 13.1. The van der Waals surface area contributed by atoms with Gasteiger partial charge in [-0.15, -0.1) is 0 Å². The molecule has 114 valence electrons. The molecular formula is C14H21N5OS. The van der Waals surface area contributed by atoms with Crippen LogP contribution in [0.3, 0.4) is 0 Å². The lowest BCUT2D eigenvalue weighted by Crippen LogP contribution is -2.50. The number of aliphatic hydroxyl groups is 1. The molecule has 2 heterocycles. The predicted molar refractivity (Wildman–Crippen MR) is 86.4 cm³/mol. The van der Waals surface area contributed by atoms with Gasteiger partial charge in [0.1, 0.15) is 17.8 Å². The molecule has 0 bridgehead atoms. The SMILES string of the molecule is CC(O)CSN[C@H]1C[C@@H](N(C)c2ncnc3[nH]ccc23)C1. The Kier molecular flexibility index (Phi) is 4.32. The van der Waals surface area contributed by atoms with Gasteiger partial charge in [-0.1, -0.05) is 11.9 Å². The minimum absolute atomic E-state index is 0.260. The molecule has 1 fully saturated rings. The van der Waals surface area contributed by atoms with Gasteiger partial charge in [0.05, 0.1) is 11.5 Å². The molecule has 6 nitrogen and oxygen atoms in total. The largest absolute Gasteiger partial charge is 0.393 e. The highest BCUT2D eigenvalue weighted by Gasteiger charge is 2.33. The van der Waals surface area contributed by atoms with E-state index in [0.29, 0.717) is 12.1 Å². The van der Waals surface area contributed by atoms with Crippen molar-refractivity contribution in [3.05, 3.63) is 18.6 Å². The summed E-state index contributed by atoms with van der Waals surface area (Å²) in [5, 5.41) is 10.3. The van der Waals surface area contributed by atoms with Crippen molar-refractivity contribution in [1.29, 1.82) is 0 Å². The van der Waals surface area contributed by atoms with E-state index in [0.717, 1.165) is 35.4 Å². The molecule has 21 heavy (non-hydrogen) atoms. The van der Waals surface area contributed by atoms with Crippen molar-refractivity contribution < 1.29 is 5.11 Å². The molecule has 1 saturated carbocycles. The number of aromatic nitrogens is 3. The Hall–Kier alpha value is -1.31. The molecule has 7 heteroatoms. The van der Waals surface area contributed by atoms with E-state index in [-0.39, 0.29) is 6.10 Å². The first kappa shape index (κ1) is 14.6. The van der Waals surface area contributed by atoms with E-state index in [4.69, 9.17) is 0 Å². The van der Waals surface area contributed by atoms with Crippen LogP contribution in [0.4, 0.5) is 5.82 Å². The second-order valence-electron chi connectivity index (χ2n) is 5.65. The first-order valence-corrected chi connectivity index (χ1v) is 8.20. The number of aromatic amines is 1. The lowest BCUT2D eigenvalue weighted by atomic mass is 9.86. The maximum atomic E-state index is 9.24. The van der Waals surface area contributed by atoms with Crippen LogP contribution in [-0.2, 0) is 0 Å². The average molecular weight is 307 g/mol. The van der Waals surface area contributed by atoms with Gasteiger partial charge in [-0.2, -0.15) is 0 Å². The van der Waals surface area contributed by atoms with Gasteiger partial charge in [0.25, 0.3) is 0 Å². The summed E-state index contributed by atoms with van der Waals surface area (Å²) in [6, 6.07) is 3.04. The van der Waals surface area contributed by atoms with E-state index >= 15 is 0 Å². The Bertz CT molecular complexity index is 596. The summed E-state index contributed by atoms with van der Waals surface area (Å²) < 4.78 is 3.41. The maximum absolute atomic E-state index is 9.24. The van der Waals surface area contributed by atoms with Crippen molar-refractivity contribution in [3.63, 3.8) is 0 Å². The molecule has 1 atom stereocenters. The molecule has 1 unspecified atom stereocenters. The molecule has 1 aliphatic rings. The summed E-state index contributed by atoms with van der Waals surface area (Å²) in [6.07, 6.45) is 5.44. The topological polar surface area (TPSA) is 77.1 Å². The van der Waals surface area contributed by atoms with E-state index in [1.54, 1.807) is 18.3 Å². The zero-order chi connectivity index (χ0) is 14.8. The molecule has 2 aromatic rings. The zero-order valence-electron chi connectivity index (χ0n) is 12.3. The molecule has 0 amide bonds. The Morgan fingerprint density at radius 2 is 2.33 bits per heavy atom. The lowest BCUT2D eigenvalue weighted by molar-refractivity contribution is 0.220. The monoisotopic (exact) mass is 307 g/mol. The Balaban J connectivity index is 1.56. The average Bonchev–Trinajstić information content (AvgIpc) is 2.88. The fourth-order valence-corrected chi connectivity index (χ4v) is 3.37. The molecule has 0 radical (unpaired) electrons. The minimum Gasteiger partial charge on any atom is -0.393 e. The van der Waals surface area contributed by atoms with Crippen molar-refractivity contribution in [2.75, 3.05) is 17.7 Å². The molecule has 0 aliphatic heterocycles. The van der Waals surface area contributed by atoms with Gasteiger partial charge in [-0.3, -0.25) is 4.72 Å². The number of H-pyrrole nitrogens is 1. The minimum atomic E-state index is -0.260. The first-order chi connectivity index (χ1) is 10.1. The van der Waals surface area contributed by atoms with Gasteiger partial charge in [0, 0.05) is 31.1 Å². The van der Waals surface area contributed by atoms with E-state index in [1.807, 2.05) is 19.2 Å². The number of nitrogens with zero attached hydrogens (tertiary/aromatic N) is 3. The summed E-state index contributed by atoms with van der Waals surface area (Å²) in [4.78, 5) is 14.0. The van der Waals surface area contributed by atoms with Crippen molar-refractivity contribution >= 4 is 28.8 Å². The second-order valence-corrected chi connectivity index (χ2v) is 6.51. The summed E-state index contributed by atoms with van der Waals surface area (Å²) in [5.74, 6) is 1.72. The Morgan fingerprint density at radius 1 is 1.52 bits per heavy atom. The molecule has 1 aliphatic carbocycles. The van der Waals surface area contributed by atoms with Crippen molar-refractivity contribution in [2.45, 2.75) is 38.0 Å². The summed E-state index contributed by atoms with van der Waals surface area (Å²) in [7, 11) is 2.10. The first-order valence-electron chi connectivity index (χ1n) is 7.21. The van der Waals surface area contributed by atoms with E-state index in [2.05, 4.69) is 31.6 Å². The predicted octanol–water partition coefficient (Wildman–Crippen LogP) is 1.54. The maximum Gasteiger partial charge on any atom is 0.142 e. The number of fused-ring (bicyclic) bond motifs is 1. The number of nitrogens with one attached hydrogen (secondary N) is 2. The molecule has 3 rings (SSSR count). The second kappa shape index (κ2) is 6.21. The number of anilines is 1. The van der Waals surface area contributed by atoms with E-state index in [9.17, 15) is 5.11 Å². The van der Waals surface area contributed by atoms with Gasteiger partial charge in [-0.25, -0.2) is 9.97 Å². The Labute approximate surface area is 128 Å². The normalized spacial score (nSPS) is 23.0. The van der Waals surface area contributed by atoms with Crippen LogP contribution in [0.2, 0.25) is 0 Å². The van der Waals surface area contributed by atoms with Crippen LogP contribution in [0, 0.1) is 0 Å². The number of hydrogen-bond acceptors (Lipinski definition) is 6. The van der Waals surface area contributed by atoms with Crippen LogP contribution in [0.15, 0.2) is 18.6 Å².